The van der Waals surface area contributed by atoms with Crippen molar-refractivity contribution in [3.05, 3.63) is 0 Å². The van der Waals surface area contributed by atoms with Crippen LogP contribution >= 0.6 is 0 Å². The molecule has 4 heteroatoms. The van der Waals surface area contributed by atoms with Crippen LogP contribution in [0.4, 0.5) is 4.79 Å². The van der Waals surface area contributed by atoms with Crippen LogP contribution in [0.25, 0.3) is 0 Å². The van der Waals surface area contributed by atoms with Crippen molar-refractivity contribution < 1.29 is 9.59 Å². The minimum atomic E-state index is 0.0645. The molecule has 0 aromatic carbocycles. The Morgan fingerprint density at radius 3 is 2.39 bits per heavy atom. The lowest BCUT2D eigenvalue weighted by molar-refractivity contribution is -0.125. The molecule has 0 radical (unpaired) electrons. The van der Waals surface area contributed by atoms with Gasteiger partial charge in [0.25, 0.3) is 0 Å². The van der Waals surface area contributed by atoms with E-state index in [4.69, 9.17) is 0 Å². The van der Waals surface area contributed by atoms with Crippen LogP contribution < -0.4 is 0 Å². The molecule has 0 saturated carbocycles. The van der Waals surface area contributed by atoms with Gasteiger partial charge in [-0.25, -0.2) is 4.79 Å². The molecule has 2 rings (SSSR count). The first-order valence-corrected chi connectivity index (χ1v) is 7.29. The second kappa shape index (κ2) is 6.21. The van der Waals surface area contributed by atoms with Crippen molar-refractivity contribution in [2.45, 2.75) is 45.4 Å². The average molecular weight is 252 g/mol. The fourth-order valence-electron chi connectivity index (χ4n) is 2.90. The van der Waals surface area contributed by atoms with Crippen molar-refractivity contribution in [2.75, 3.05) is 26.2 Å². The molecule has 1 unspecified atom stereocenters. The van der Waals surface area contributed by atoms with E-state index in [2.05, 4.69) is 0 Å². The number of carbonyl (C=O) groups excluding carboxylic acids is 2. The summed E-state index contributed by atoms with van der Waals surface area (Å²) in [6.07, 6.45) is 6.10. The minimum absolute atomic E-state index is 0.0645. The molecule has 0 aliphatic carbocycles. The highest BCUT2D eigenvalue weighted by molar-refractivity contribution is 5.84. The number of piperidine rings is 1. The van der Waals surface area contributed by atoms with Crippen molar-refractivity contribution in [1.82, 2.24) is 9.80 Å². The van der Waals surface area contributed by atoms with Gasteiger partial charge in [0, 0.05) is 38.5 Å². The van der Waals surface area contributed by atoms with Gasteiger partial charge in [-0.1, -0.05) is 19.8 Å². The summed E-state index contributed by atoms with van der Waals surface area (Å²) >= 11 is 0. The van der Waals surface area contributed by atoms with Gasteiger partial charge in [0.2, 0.25) is 0 Å². The summed E-state index contributed by atoms with van der Waals surface area (Å²) in [6, 6.07) is 0.155. The lowest BCUT2D eigenvalue weighted by Crippen LogP contribution is -2.50. The number of likely N-dealkylation sites (tertiary alicyclic amines) is 2. The standard InChI is InChI=1S/C14H24N2O2/c1-2-12-11-16(10-7-13(12)17)14(18)15-8-5-3-4-6-9-15/h12H,2-11H2,1H3. The minimum Gasteiger partial charge on any atom is -0.325 e. The normalized spacial score (nSPS) is 26.1. The van der Waals surface area contributed by atoms with Gasteiger partial charge in [0.1, 0.15) is 5.78 Å². The molecule has 2 saturated heterocycles. The van der Waals surface area contributed by atoms with Crippen LogP contribution in [0.15, 0.2) is 0 Å². The van der Waals surface area contributed by atoms with Gasteiger partial charge in [-0.15, -0.1) is 0 Å². The molecule has 4 nitrogen and oxygen atoms in total. The molecule has 18 heavy (non-hydrogen) atoms. The molecule has 0 N–H and O–H groups in total. The zero-order valence-corrected chi connectivity index (χ0v) is 11.4. The van der Waals surface area contributed by atoms with Gasteiger partial charge in [-0.2, -0.15) is 0 Å². The number of nitrogens with zero attached hydrogens (tertiary/aromatic N) is 2. The SMILES string of the molecule is CCC1CN(C(=O)N2CCCCCC2)CCC1=O. The van der Waals surface area contributed by atoms with Gasteiger partial charge in [-0.3, -0.25) is 4.79 Å². The summed E-state index contributed by atoms with van der Waals surface area (Å²) in [5, 5.41) is 0. The first-order valence-electron chi connectivity index (χ1n) is 7.29. The molecule has 2 heterocycles. The van der Waals surface area contributed by atoms with Crippen LogP contribution in [0.5, 0.6) is 0 Å². The summed E-state index contributed by atoms with van der Waals surface area (Å²) in [4.78, 5) is 28.0. The van der Waals surface area contributed by atoms with Crippen LogP contribution in [0, 0.1) is 5.92 Å². The highest BCUT2D eigenvalue weighted by atomic mass is 16.2. The monoisotopic (exact) mass is 252 g/mol. The molecule has 1 atom stereocenters. The maximum Gasteiger partial charge on any atom is 0.320 e. The van der Waals surface area contributed by atoms with Crippen LogP contribution in [-0.2, 0) is 4.79 Å². The molecule has 2 fully saturated rings. The Morgan fingerprint density at radius 1 is 1.11 bits per heavy atom. The van der Waals surface area contributed by atoms with E-state index in [-0.39, 0.29) is 11.9 Å². The first-order chi connectivity index (χ1) is 8.72. The second-order valence-corrected chi connectivity index (χ2v) is 5.45. The third-order valence-electron chi connectivity index (χ3n) is 4.16. The topological polar surface area (TPSA) is 40.6 Å². The van der Waals surface area contributed by atoms with Crippen molar-refractivity contribution in [3.63, 3.8) is 0 Å². The Labute approximate surface area is 109 Å². The molecular formula is C14H24N2O2. The summed E-state index contributed by atoms with van der Waals surface area (Å²) in [5.41, 5.74) is 0. The maximum absolute atomic E-state index is 12.4. The smallest absolute Gasteiger partial charge is 0.320 e. The molecule has 0 spiro atoms. The third-order valence-corrected chi connectivity index (χ3v) is 4.16. The van der Waals surface area contributed by atoms with E-state index in [1.54, 1.807) is 0 Å². The van der Waals surface area contributed by atoms with Gasteiger partial charge in [0.05, 0.1) is 0 Å². The predicted octanol–water partition coefficient (Wildman–Crippen LogP) is 2.28. The van der Waals surface area contributed by atoms with E-state index in [9.17, 15) is 9.59 Å². The lowest BCUT2D eigenvalue weighted by Gasteiger charge is -2.35. The molecule has 0 aromatic rings. The van der Waals surface area contributed by atoms with Crippen molar-refractivity contribution in [1.29, 1.82) is 0 Å². The third kappa shape index (κ3) is 3.03. The number of rotatable bonds is 1. The summed E-state index contributed by atoms with van der Waals surface area (Å²) < 4.78 is 0. The number of hydrogen-bond acceptors (Lipinski definition) is 2. The van der Waals surface area contributed by atoms with Gasteiger partial charge < -0.3 is 9.80 Å². The highest BCUT2D eigenvalue weighted by Crippen LogP contribution is 2.19. The number of amides is 2. The van der Waals surface area contributed by atoms with Gasteiger partial charge in [-0.05, 0) is 19.3 Å². The van der Waals surface area contributed by atoms with Gasteiger partial charge in [0.15, 0.2) is 0 Å². The van der Waals surface area contributed by atoms with E-state index in [1.807, 2.05) is 16.7 Å². The number of Topliss-reactive ketones (excluding diaryl/α,β-unsaturated/α-hetero) is 1. The molecule has 2 amide bonds. The highest BCUT2D eigenvalue weighted by Gasteiger charge is 2.30. The lowest BCUT2D eigenvalue weighted by atomic mass is 9.94. The fraction of sp³-hybridized carbons (Fsp3) is 0.857. The van der Waals surface area contributed by atoms with E-state index in [0.717, 1.165) is 32.4 Å². The molecule has 0 aromatic heterocycles. The molecule has 2 aliphatic heterocycles. The second-order valence-electron chi connectivity index (χ2n) is 5.45. The number of hydrogen-bond donors (Lipinski definition) is 0. The van der Waals surface area contributed by atoms with Crippen molar-refractivity contribution >= 4 is 11.8 Å². The number of carbonyl (C=O) groups is 2. The Morgan fingerprint density at radius 2 is 1.78 bits per heavy atom. The molecule has 0 bridgehead atoms. The zero-order chi connectivity index (χ0) is 13.0. The van der Waals surface area contributed by atoms with E-state index < -0.39 is 0 Å². The van der Waals surface area contributed by atoms with E-state index in [1.165, 1.54) is 12.8 Å². The summed E-state index contributed by atoms with van der Waals surface area (Å²) in [6.45, 7) is 5.05. The van der Waals surface area contributed by atoms with Crippen LogP contribution in [0.3, 0.4) is 0 Å². The Hall–Kier alpha value is -1.06. The Balaban J connectivity index is 1.93. The number of ketones is 1. The summed E-state index contributed by atoms with van der Waals surface area (Å²) in [5.74, 6) is 0.395. The van der Waals surface area contributed by atoms with Crippen molar-refractivity contribution in [2.24, 2.45) is 5.92 Å². The summed E-state index contributed by atoms with van der Waals surface area (Å²) in [7, 11) is 0. The first kappa shape index (κ1) is 13.4. The molecule has 102 valence electrons. The fourth-order valence-corrected chi connectivity index (χ4v) is 2.90. The predicted molar refractivity (Wildman–Crippen MR) is 70.4 cm³/mol. The zero-order valence-electron chi connectivity index (χ0n) is 11.4. The quantitative estimate of drug-likeness (QED) is 0.718. The van der Waals surface area contributed by atoms with Crippen molar-refractivity contribution in [3.8, 4) is 0 Å². The Kier molecular flexibility index (Phi) is 4.61. The maximum atomic E-state index is 12.4. The average Bonchev–Trinajstić information content (AvgIpc) is 2.67. The van der Waals surface area contributed by atoms with Gasteiger partial charge >= 0.3 is 6.03 Å². The van der Waals surface area contributed by atoms with Crippen LogP contribution in [-0.4, -0.2) is 47.8 Å². The van der Waals surface area contributed by atoms with E-state index in [0.29, 0.717) is 25.3 Å². The van der Waals surface area contributed by atoms with E-state index >= 15 is 0 Å². The van der Waals surface area contributed by atoms with Crippen LogP contribution in [0.2, 0.25) is 0 Å². The number of urea groups is 1. The molecule has 2 aliphatic rings. The largest absolute Gasteiger partial charge is 0.325 e. The van der Waals surface area contributed by atoms with Crippen LogP contribution in [0.1, 0.15) is 45.4 Å². The molecular weight excluding hydrogens is 228 g/mol. The Bertz CT molecular complexity index is 309.